The van der Waals surface area contributed by atoms with E-state index in [-0.39, 0.29) is 31.1 Å². The molecule has 308 valence electrons. The number of ether oxygens (including phenoxy) is 3. The summed E-state index contributed by atoms with van der Waals surface area (Å²) in [5.74, 6) is 0.822. The lowest BCUT2D eigenvalue weighted by Crippen LogP contribution is -2.30. The van der Waals surface area contributed by atoms with Gasteiger partial charge < -0.3 is 14.2 Å². The van der Waals surface area contributed by atoms with Gasteiger partial charge in [-0.1, -0.05) is 208 Å². The van der Waals surface area contributed by atoms with Crippen molar-refractivity contribution >= 4 is 17.9 Å². The van der Waals surface area contributed by atoms with E-state index in [2.05, 4.69) is 34.6 Å². The van der Waals surface area contributed by atoms with Crippen molar-refractivity contribution < 1.29 is 28.6 Å². The van der Waals surface area contributed by atoms with Crippen LogP contribution in [0, 0.1) is 11.8 Å². The molecule has 0 aliphatic rings. The number of esters is 3. The minimum Gasteiger partial charge on any atom is -0.462 e. The van der Waals surface area contributed by atoms with Crippen molar-refractivity contribution in [1.82, 2.24) is 0 Å². The molecule has 0 heterocycles. The van der Waals surface area contributed by atoms with Crippen LogP contribution in [-0.4, -0.2) is 37.2 Å². The molecule has 0 saturated heterocycles. The van der Waals surface area contributed by atoms with Crippen molar-refractivity contribution in [3.05, 3.63) is 0 Å². The molecule has 52 heavy (non-hydrogen) atoms. The molecule has 6 nitrogen and oxygen atoms in total. The van der Waals surface area contributed by atoms with Gasteiger partial charge in [-0.15, -0.1) is 0 Å². The van der Waals surface area contributed by atoms with Crippen LogP contribution in [0.1, 0.15) is 247 Å². The summed E-state index contributed by atoms with van der Waals surface area (Å²) in [7, 11) is 0. The Hall–Kier alpha value is -1.59. The summed E-state index contributed by atoms with van der Waals surface area (Å²) in [6, 6.07) is 0. The minimum atomic E-state index is -0.759. The highest BCUT2D eigenvalue weighted by atomic mass is 16.6. The number of unbranched alkanes of at least 4 members (excludes halogenated alkanes) is 24. The molecule has 0 aliphatic carbocycles. The Morgan fingerprint density at radius 2 is 0.731 bits per heavy atom. The third-order valence-corrected chi connectivity index (χ3v) is 10.6. The van der Waals surface area contributed by atoms with Crippen molar-refractivity contribution in [2.45, 2.75) is 253 Å². The molecular formula is C46H88O6. The highest BCUT2D eigenvalue weighted by Gasteiger charge is 2.19. The second-order valence-electron chi connectivity index (χ2n) is 16.4. The van der Waals surface area contributed by atoms with E-state index in [1.807, 2.05) is 0 Å². The van der Waals surface area contributed by atoms with E-state index in [9.17, 15) is 14.4 Å². The van der Waals surface area contributed by atoms with Gasteiger partial charge in [0.25, 0.3) is 0 Å². The first-order valence-corrected chi connectivity index (χ1v) is 22.8. The highest BCUT2D eigenvalue weighted by Crippen LogP contribution is 2.17. The monoisotopic (exact) mass is 737 g/mol. The molecule has 0 fully saturated rings. The molecule has 0 N–H and O–H groups in total. The van der Waals surface area contributed by atoms with E-state index in [1.54, 1.807) is 0 Å². The lowest BCUT2D eigenvalue weighted by Gasteiger charge is -2.18. The lowest BCUT2D eigenvalue weighted by molar-refractivity contribution is -0.167. The van der Waals surface area contributed by atoms with Crippen molar-refractivity contribution in [3.8, 4) is 0 Å². The summed E-state index contributed by atoms with van der Waals surface area (Å²) >= 11 is 0. The van der Waals surface area contributed by atoms with Gasteiger partial charge in [-0.25, -0.2) is 0 Å². The van der Waals surface area contributed by atoms with E-state index in [4.69, 9.17) is 14.2 Å². The topological polar surface area (TPSA) is 78.9 Å². The van der Waals surface area contributed by atoms with Gasteiger partial charge in [-0.3, -0.25) is 14.4 Å². The fourth-order valence-corrected chi connectivity index (χ4v) is 6.72. The first-order chi connectivity index (χ1) is 25.3. The Morgan fingerprint density at radius 3 is 1.10 bits per heavy atom. The molecule has 0 aromatic carbocycles. The van der Waals surface area contributed by atoms with Gasteiger partial charge in [0.15, 0.2) is 6.10 Å². The standard InChI is InChI=1S/C46H88O6/c1-6-8-9-10-19-26-31-36-44(47)50-39-43(40-51-45(48)37-32-27-22-17-13-11-15-20-24-29-34-41(3)4)52-46(49)38-33-28-23-18-14-12-16-21-25-30-35-42(5)7-2/h41-43H,6-40H2,1-5H3/t42?,43-/m1/s1. The second-order valence-corrected chi connectivity index (χ2v) is 16.4. The third kappa shape index (κ3) is 38.1. The molecule has 0 radical (unpaired) electrons. The zero-order valence-corrected chi connectivity index (χ0v) is 35.4. The molecule has 6 heteroatoms. The molecule has 0 rings (SSSR count). The number of carbonyl (C=O) groups is 3. The Kier molecular flexibility index (Phi) is 37.9. The maximum absolute atomic E-state index is 12.7. The Morgan fingerprint density at radius 1 is 0.404 bits per heavy atom. The molecule has 0 bridgehead atoms. The minimum absolute atomic E-state index is 0.0654. The van der Waals surface area contributed by atoms with Crippen molar-refractivity contribution in [2.75, 3.05) is 13.2 Å². The van der Waals surface area contributed by atoms with Crippen LogP contribution in [0.15, 0.2) is 0 Å². The molecule has 0 saturated carbocycles. The molecule has 1 unspecified atom stereocenters. The van der Waals surface area contributed by atoms with Crippen LogP contribution < -0.4 is 0 Å². The van der Waals surface area contributed by atoms with Crippen molar-refractivity contribution in [1.29, 1.82) is 0 Å². The van der Waals surface area contributed by atoms with Crippen LogP contribution in [0.25, 0.3) is 0 Å². The molecule has 0 aromatic heterocycles. The molecule has 0 amide bonds. The molecule has 0 aromatic rings. The van der Waals surface area contributed by atoms with E-state index in [1.165, 1.54) is 135 Å². The fourth-order valence-electron chi connectivity index (χ4n) is 6.72. The quantitative estimate of drug-likeness (QED) is 0.0354. The number of carbonyl (C=O) groups excluding carboxylic acids is 3. The van der Waals surface area contributed by atoms with Crippen LogP contribution in [0.5, 0.6) is 0 Å². The first kappa shape index (κ1) is 50.4. The molecule has 0 spiro atoms. The second kappa shape index (κ2) is 39.1. The van der Waals surface area contributed by atoms with E-state index >= 15 is 0 Å². The Balaban J connectivity index is 4.28. The van der Waals surface area contributed by atoms with E-state index < -0.39 is 6.10 Å². The third-order valence-electron chi connectivity index (χ3n) is 10.6. The predicted octanol–water partition coefficient (Wildman–Crippen LogP) is 14.2. The fraction of sp³-hybridized carbons (Fsp3) is 0.935. The average molecular weight is 737 g/mol. The lowest BCUT2D eigenvalue weighted by atomic mass is 9.99. The van der Waals surface area contributed by atoms with E-state index in [0.29, 0.717) is 19.3 Å². The normalized spacial score (nSPS) is 12.6. The van der Waals surface area contributed by atoms with Crippen LogP contribution in [-0.2, 0) is 28.6 Å². The summed E-state index contributed by atoms with van der Waals surface area (Å²) in [6.07, 6.45) is 36.6. The Labute approximate surface area is 323 Å². The van der Waals surface area contributed by atoms with Crippen molar-refractivity contribution in [2.24, 2.45) is 11.8 Å². The Bertz CT molecular complexity index is 796. The number of hydrogen-bond donors (Lipinski definition) is 0. The number of hydrogen-bond acceptors (Lipinski definition) is 6. The number of rotatable bonds is 40. The molecular weight excluding hydrogens is 649 g/mol. The van der Waals surface area contributed by atoms with Gasteiger partial charge in [0, 0.05) is 19.3 Å². The molecule has 2 atom stereocenters. The molecule has 0 aliphatic heterocycles. The van der Waals surface area contributed by atoms with Gasteiger partial charge in [-0.05, 0) is 31.1 Å². The zero-order valence-electron chi connectivity index (χ0n) is 35.4. The van der Waals surface area contributed by atoms with Gasteiger partial charge in [0.2, 0.25) is 0 Å². The highest BCUT2D eigenvalue weighted by molar-refractivity contribution is 5.71. The van der Waals surface area contributed by atoms with Crippen LogP contribution in [0.4, 0.5) is 0 Å². The summed E-state index contributed by atoms with van der Waals surface area (Å²) < 4.78 is 16.7. The van der Waals surface area contributed by atoms with Crippen molar-refractivity contribution in [3.63, 3.8) is 0 Å². The maximum atomic E-state index is 12.7. The first-order valence-electron chi connectivity index (χ1n) is 22.8. The van der Waals surface area contributed by atoms with Gasteiger partial charge in [-0.2, -0.15) is 0 Å². The maximum Gasteiger partial charge on any atom is 0.306 e. The average Bonchev–Trinajstić information content (AvgIpc) is 3.12. The van der Waals surface area contributed by atoms with Gasteiger partial charge >= 0.3 is 17.9 Å². The van der Waals surface area contributed by atoms with Gasteiger partial charge in [0.1, 0.15) is 13.2 Å². The predicted molar refractivity (Wildman–Crippen MR) is 220 cm³/mol. The van der Waals surface area contributed by atoms with Crippen LogP contribution >= 0.6 is 0 Å². The zero-order chi connectivity index (χ0) is 38.3. The smallest absolute Gasteiger partial charge is 0.306 e. The summed E-state index contributed by atoms with van der Waals surface area (Å²) in [4.78, 5) is 37.6. The summed E-state index contributed by atoms with van der Waals surface area (Å²) in [6.45, 7) is 11.3. The van der Waals surface area contributed by atoms with Crippen LogP contribution in [0.3, 0.4) is 0 Å². The largest absolute Gasteiger partial charge is 0.462 e. The van der Waals surface area contributed by atoms with Gasteiger partial charge in [0.05, 0.1) is 0 Å². The summed E-state index contributed by atoms with van der Waals surface area (Å²) in [5.41, 5.74) is 0. The van der Waals surface area contributed by atoms with Crippen LogP contribution in [0.2, 0.25) is 0 Å². The SMILES string of the molecule is CCCCCCCCCC(=O)OC[C@H](COC(=O)CCCCCCCCCCCCC(C)C)OC(=O)CCCCCCCCCCCCC(C)CC. The summed E-state index contributed by atoms with van der Waals surface area (Å²) in [5, 5.41) is 0. The van der Waals surface area contributed by atoms with E-state index in [0.717, 1.165) is 69.6 Å².